The highest BCUT2D eigenvalue weighted by molar-refractivity contribution is 8.01. The van der Waals surface area contributed by atoms with Crippen molar-refractivity contribution in [2.45, 2.75) is 61.6 Å². The SMILES string of the molecule is CCNC1CCCC(Sc2nc(CC)ns2)C1. The van der Waals surface area contributed by atoms with E-state index in [4.69, 9.17) is 0 Å². The van der Waals surface area contributed by atoms with Gasteiger partial charge in [0.15, 0.2) is 4.34 Å². The van der Waals surface area contributed by atoms with Crippen LogP contribution in [0.1, 0.15) is 45.4 Å². The van der Waals surface area contributed by atoms with Gasteiger partial charge in [-0.15, -0.1) is 0 Å². The Morgan fingerprint density at radius 2 is 2.29 bits per heavy atom. The van der Waals surface area contributed by atoms with Gasteiger partial charge < -0.3 is 5.32 Å². The molecule has 0 radical (unpaired) electrons. The van der Waals surface area contributed by atoms with E-state index >= 15 is 0 Å². The predicted molar refractivity (Wildman–Crippen MR) is 74.9 cm³/mol. The van der Waals surface area contributed by atoms with E-state index in [1.54, 1.807) is 11.5 Å². The van der Waals surface area contributed by atoms with Crippen molar-refractivity contribution in [3.05, 3.63) is 5.82 Å². The van der Waals surface area contributed by atoms with Gasteiger partial charge in [-0.1, -0.05) is 32.0 Å². The lowest BCUT2D eigenvalue weighted by Gasteiger charge is -2.28. The van der Waals surface area contributed by atoms with Gasteiger partial charge in [0.2, 0.25) is 0 Å². The second-order valence-corrected chi connectivity index (χ2v) is 6.79. The molecular formula is C12H21N3S2. The summed E-state index contributed by atoms with van der Waals surface area (Å²) >= 11 is 3.50. The summed E-state index contributed by atoms with van der Waals surface area (Å²) in [6.07, 6.45) is 6.23. The lowest BCUT2D eigenvalue weighted by Crippen LogP contribution is -2.34. The van der Waals surface area contributed by atoms with Crippen LogP contribution in [-0.4, -0.2) is 27.2 Å². The zero-order valence-electron chi connectivity index (χ0n) is 10.6. The van der Waals surface area contributed by atoms with Crippen LogP contribution in [0.25, 0.3) is 0 Å². The molecule has 96 valence electrons. The molecule has 0 aliphatic heterocycles. The molecule has 0 amide bonds. The highest BCUT2D eigenvalue weighted by Crippen LogP contribution is 2.34. The summed E-state index contributed by atoms with van der Waals surface area (Å²) in [7, 11) is 0. The molecule has 1 N–H and O–H groups in total. The Hall–Kier alpha value is -0.130. The standard InChI is InChI=1S/C12H21N3S2/c1-3-11-14-12(17-15-11)16-10-7-5-6-9(8-10)13-4-2/h9-10,13H,3-8H2,1-2H3. The number of aromatic nitrogens is 2. The Labute approximate surface area is 112 Å². The Balaban J connectivity index is 1.85. The van der Waals surface area contributed by atoms with Gasteiger partial charge in [-0.25, -0.2) is 4.98 Å². The topological polar surface area (TPSA) is 37.8 Å². The summed E-state index contributed by atoms with van der Waals surface area (Å²) in [6, 6.07) is 0.713. The molecule has 0 saturated heterocycles. The van der Waals surface area contributed by atoms with Crippen LogP contribution in [-0.2, 0) is 6.42 Å². The average molecular weight is 271 g/mol. The monoisotopic (exact) mass is 271 g/mol. The fourth-order valence-electron chi connectivity index (χ4n) is 2.30. The van der Waals surface area contributed by atoms with Crippen LogP contribution in [0.5, 0.6) is 0 Å². The summed E-state index contributed by atoms with van der Waals surface area (Å²) in [4.78, 5) is 4.54. The van der Waals surface area contributed by atoms with Crippen molar-refractivity contribution < 1.29 is 0 Å². The van der Waals surface area contributed by atoms with Crippen LogP contribution >= 0.6 is 23.3 Å². The molecular weight excluding hydrogens is 250 g/mol. The molecule has 2 atom stereocenters. The number of hydrogen-bond acceptors (Lipinski definition) is 5. The lowest BCUT2D eigenvalue weighted by molar-refractivity contribution is 0.387. The highest BCUT2D eigenvalue weighted by atomic mass is 32.2. The Morgan fingerprint density at radius 1 is 1.41 bits per heavy atom. The Morgan fingerprint density at radius 3 is 3.00 bits per heavy atom. The third-order valence-electron chi connectivity index (χ3n) is 3.15. The third-order valence-corrected chi connectivity index (χ3v) is 5.27. The van der Waals surface area contributed by atoms with Crippen LogP contribution in [0, 0.1) is 0 Å². The van der Waals surface area contributed by atoms with E-state index in [1.807, 2.05) is 11.8 Å². The quantitative estimate of drug-likeness (QED) is 0.893. The fourth-order valence-corrected chi connectivity index (χ4v) is 4.55. The van der Waals surface area contributed by atoms with Gasteiger partial charge in [-0.3, -0.25) is 0 Å². The van der Waals surface area contributed by atoms with E-state index in [0.29, 0.717) is 6.04 Å². The molecule has 2 unspecified atom stereocenters. The van der Waals surface area contributed by atoms with Gasteiger partial charge in [0.05, 0.1) is 0 Å². The first kappa shape index (κ1) is 13.3. The molecule has 1 fully saturated rings. The normalized spacial score (nSPS) is 25.1. The fraction of sp³-hybridized carbons (Fsp3) is 0.833. The summed E-state index contributed by atoms with van der Waals surface area (Å²) in [5.74, 6) is 0.997. The molecule has 0 aromatic carbocycles. The molecule has 1 aromatic rings. The van der Waals surface area contributed by atoms with Crippen LogP contribution in [0.15, 0.2) is 4.34 Å². The zero-order valence-corrected chi connectivity index (χ0v) is 12.2. The molecule has 1 heterocycles. The minimum absolute atomic E-state index is 0.713. The summed E-state index contributed by atoms with van der Waals surface area (Å²) in [5.41, 5.74) is 0. The van der Waals surface area contributed by atoms with E-state index in [1.165, 1.54) is 25.7 Å². The van der Waals surface area contributed by atoms with Crippen LogP contribution in [0.4, 0.5) is 0 Å². The minimum Gasteiger partial charge on any atom is -0.314 e. The number of nitrogens with one attached hydrogen (secondary N) is 1. The van der Waals surface area contributed by atoms with Gasteiger partial charge in [-0.05, 0) is 37.3 Å². The van der Waals surface area contributed by atoms with E-state index < -0.39 is 0 Å². The zero-order chi connectivity index (χ0) is 12.1. The number of hydrogen-bond donors (Lipinski definition) is 1. The smallest absolute Gasteiger partial charge is 0.170 e. The average Bonchev–Trinajstić information content (AvgIpc) is 2.78. The lowest BCUT2D eigenvalue weighted by atomic mass is 9.95. The van der Waals surface area contributed by atoms with E-state index in [9.17, 15) is 0 Å². The molecule has 3 nitrogen and oxygen atoms in total. The van der Waals surface area contributed by atoms with Gasteiger partial charge in [-0.2, -0.15) is 4.37 Å². The van der Waals surface area contributed by atoms with Crippen molar-refractivity contribution in [3.63, 3.8) is 0 Å². The van der Waals surface area contributed by atoms with Crippen LogP contribution in [0.2, 0.25) is 0 Å². The van der Waals surface area contributed by atoms with Gasteiger partial charge in [0, 0.05) is 17.7 Å². The van der Waals surface area contributed by atoms with Crippen LogP contribution in [0.3, 0.4) is 0 Å². The molecule has 1 aliphatic carbocycles. The maximum atomic E-state index is 4.54. The van der Waals surface area contributed by atoms with Crippen LogP contribution < -0.4 is 5.32 Å². The highest BCUT2D eigenvalue weighted by Gasteiger charge is 2.23. The van der Waals surface area contributed by atoms with Gasteiger partial charge >= 0.3 is 0 Å². The second kappa shape index (κ2) is 6.71. The first-order chi connectivity index (χ1) is 8.31. The van der Waals surface area contributed by atoms with Crippen molar-refractivity contribution in [1.82, 2.24) is 14.7 Å². The first-order valence-corrected chi connectivity index (χ1v) is 8.19. The molecule has 1 saturated carbocycles. The van der Waals surface area contributed by atoms with Crippen molar-refractivity contribution in [3.8, 4) is 0 Å². The predicted octanol–water partition coefficient (Wildman–Crippen LogP) is 3.11. The Bertz CT molecular complexity index is 338. The van der Waals surface area contributed by atoms with E-state index in [-0.39, 0.29) is 0 Å². The number of aryl methyl sites for hydroxylation is 1. The van der Waals surface area contributed by atoms with Crippen molar-refractivity contribution in [2.75, 3.05) is 6.54 Å². The molecule has 2 rings (SSSR count). The largest absolute Gasteiger partial charge is 0.314 e. The van der Waals surface area contributed by atoms with E-state index in [0.717, 1.165) is 28.4 Å². The summed E-state index contributed by atoms with van der Waals surface area (Å²) in [5, 5.41) is 4.30. The molecule has 1 aliphatic rings. The summed E-state index contributed by atoms with van der Waals surface area (Å²) in [6.45, 7) is 5.38. The minimum atomic E-state index is 0.713. The number of nitrogens with zero attached hydrogens (tertiary/aromatic N) is 2. The maximum Gasteiger partial charge on any atom is 0.170 e. The first-order valence-electron chi connectivity index (χ1n) is 6.54. The Kier molecular flexibility index (Phi) is 5.25. The van der Waals surface area contributed by atoms with Crippen molar-refractivity contribution in [1.29, 1.82) is 0 Å². The number of rotatable bonds is 5. The third kappa shape index (κ3) is 3.93. The summed E-state index contributed by atoms with van der Waals surface area (Å²) < 4.78 is 5.51. The van der Waals surface area contributed by atoms with E-state index in [2.05, 4.69) is 28.5 Å². The van der Waals surface area contributed by atoms with Gasteiger partial charge in [0.1, 0.15) is 5.82 Å². The van der Waals surface area contributed by atoms with Crippen molar-refractivity contribution in [2.24, 2.45) is 0 Å². The number of thioether (sulfide) groups is 1. The van der Waals surface area contributed by atoms with Gasteiger partial charge in [0.25, 0.3) is 0 Å². The molecule has 17 heavy (non-hydrogen) atoms. The second-order valence-electron chi connectivity index (χ2n) is 4.49. The molecule has 0 spiro atoms. The molecule has 0 bridgehead atoms. The maximum absolute atomic E-state index is 4.54. The van der Waals surface area contributed by atoms with Crippen molar-refractivity contribution >= 4 is 23.3 Å². The molecule has 1 aromatic heterocycles. The molecule has 5 heteroatoms.